The molecule has 1 heterocycles. The molecule has 0 spiro atoms. The first-order valence-corrected chi connectivity index (χ1v) is 6.27. The van der Waals surface area contributed by atoms with E-state index in [4.69, 9.17) is 0 Å². The molecule has 0 bridgehead atoms. The number of likely N-dealkylation sites (tertiary alicyclic amines) is 1. The smallest absolute Gasteiger partial charge is 0.132 e. The molecule has 0 N–H and O–H groups in total. The second kappa shape index (κ2) is 5.64. The van der Waals surface area contributed by atoms with Gasteiger partial charge in [0.15, 0.2) is 0 Å². The monoisotopic (exact) mass is 211 g/mol. The number of carbonyl (C=O) groups is 1. The van der Waals surface area contributed by atoms with E-state index in [-0.39, 0.29) is 0 Å². The third-order valence-corrected chi connectivity index (χ3v) is 3.53. The maximum atomic E-state index is 11.1. The van der Waals surface area contributed by atoms with Crippen molar-refractivity contribution in [2.45, 2.75) is 52.9 Å². The van der Waals surface area contributed by atoms with Crippen molar-refractivity contribution in [2.75, 3.05) is 19.6 Å². The van der Waals surface area contributed by atoms with Crippen molar-refractivity contribution in [3.8, 4) is 0 Å². The fourth-order valence-corrected chi connectivity index (χ4v) is 2.06. The Labute approximate surface area is 94.0 Å². The van der Waals surface area contributed by atoms with Gasteiger partial charge in [0.2, 0.25) is 0 Å². The third-order valence-electron chi connectivity index (χ3n) is 3.53. The minimum absolute atomic E-state index is 0.410. The van der Waals surface area contributed by atoms with Gasteiger partial charge in [-0.3, -0.25) is 4.79 Å². The third kappa shape index (κ3) is 4.78. The van der Waals surface area contributed by atoms with Crippen molar-refractivity contribution in [2.24, 2.45) is 5.41 Å². The van der Waals surface area contributed by atoms with Gasteiger partial charge in [0.05, 0.1) is 0 Å². The number of nitrogens with zero attached hydrogens (tertiary/aromatic N) is 1. The molecule has 0 amide bonds. The molecule has 0 aliphatic carbocycles. The lowest BCUT2D eigenvalue weighted by Gasteiger charge is -2.36. The minimum Gasteiger partial charge on any atom is -0.303 e. The van der Waals surface area contributed by atoms with Gasteiger partial charge in [-0.2, -0.15) is 0 Å². The molecule has 0 aromatic rings. The van der Waals surface area contributed by atoms with Crippen molar-refractivity contribution < 1.29 is 4.79 Å². The van der Waals surface area contributed by atoms with Crippen molar-refractivity contribution >= 4 is 5.78 Å². The molecule has 15 heavy (non-hydrogen) atoms. The standard InChI is InChI=1S/C13H25NO/c1-4-12(15)6-5-9-14-10-7-13(2,3)8-11-14/h4-11H2,1-3H3. The van der Waals surface area contributed by atoms with Crippen LogP contribution in [-0.2, 0) is 4.79 Å². The highest BCUT2D eigenvalue weighted by molar-refractivity contribution is 5.77. The summed E-state index contributed by atoms with van der Waals surface area (Å²) in [6, 6.07) is 0. The number of hydrogen-bond acceptors (Lipinski definition) is 2. The molecule has 0 atom stereocenters. The normalized spacial score (nSPS) is 21.5. The molecule has 2 nitrogen and oxygen atoms in total. The highest BCUT2D eigenvalue weighted by Crippen LogP contribution is 2.29. The molecular weight excluding hydrogens is 186 g/mol. The van der Waals surface area contributed by atoms with Crippen LogP contribution in [0.5, 0.6) is 0 Å². The molecule has 1 aliphatic rings. The van der Waals surface area contributed by atoms with Crippen LogP contribution in [0.25, 0.3) is 0 Å². The summed E-state index contributed by atoms with van der Waals surface area (Å²) in [5.41, 5.74) is 0.537. The number of piperidine rings is 1. The van der Waals surface area contributed by atoms with E-state index in [1.54, 1.807) is 0 Å². The minimum atomic E-state index is 0.410. The summed E-state index contributed by atoms with van der Waals surface area (Å²) < 4.78 is 0. The Morgan fingerprint density at radius 2 is 1.87 bits per heavy atom. The number of carbonyl (C=O) groups excluding carboxylic acids is 1. The second-order valence-corrected chi connectivity index (χ2v) is 5.50. The van der Waals surface area contributed by atoms with Crippen LogP contribution in [0.2, 0.25) is 0 Å². The summed E-state index contributed by atoms with van der Waals surface area (Å²) in [6.07, 6.45) is 5.12. The zero-order valence-electron chi connectivity index (χ0n) is 10.5. The first kappa shape index (κ1) is 12.7. The SMILES string of the molecule is CCC(=O)CCCN1CCC(C)(C)CC1. The van der Waals surface area contributed by atoms with E-state index >= 15 is 0 Å². The summed E-state index contributed by atoms with van der Waals surface area (Å²) in [4.78, 5) is 13.6. The molecule has 1 fully saturated rings. The predicted octanol–water partition coefficient (Wildman–Crippen LogP) is 2.87. The van der Waals surface area contributed by atoms with Gasteiger partial charge in [0.25, 0.3) is 0 Å². The lowest BCUT2D eigenvalue weighted by Crippen LogP contribution is -2.37. The van der Waals surface area contributed by atoms with Crippen LogP contribution in [0.3, 0.4) is 0 Å². The fraction of sp³-hybridized carbons (Fsp3) is 0.923. The van der Waals surface area contributed by atoms with E-state index in [0.717, 1.165) is 19.4 Å². The first-order valence-electron chi connectivity index (χ1n) is 6.27. The van der Waals surface area contributed by atoms with Gasteiger partial charge in [-0.1, -0.05) is 20.8 Å². The van der Waals surface area contributed by atoms with Crippen LogP contribution >= 0.6 is 0 Å². The zero-order chi connectivity index (χ0) is 11.3. The van der Waals surface area contributed by atoms with Gasteiger partial charge in [0.1, 0.15) is 5.78 Å². The van der Waals surface area contributed by atoms with Crippen LogP contribution in [0.15, 0.2) is 0 Å². The molecule has 1 rings (SSSR count). The number of hydrogen-bond donors (Lipinski definition) is 0. The molecule has 2 heteroatoms. The maximum absolute atomic E-state index is 11.1. The van der Waals surface area contributed by atoms with Crippen LogP contribution in [0.4, 0.5) is 0 Å². The first-order chi connectivity index (χ1) is 7.03. The van der Waals surface area contributed by atoms with Gasteiger partial charge in [-0.05, 0) is 44.3 Å². The molecule has 1 saturated heterocycles. The summed E-state index contributed by atoms with van der Waals surface area (Å²) in [7, 11) is 0. The van der Waals surface area contributed by atoms with Crippen molar-refractivity contribution in [1.29, 1.82) is 0 Å². The molecular formula is C13H25NO. The van der Waals surface area contributed by atoms with Gasteiger partial charge in [-0.15, -0.1) is 0 Å². The van der Waals surface area contributed by atoms with Crippen molar-refractivity contribution in [3.63, 3.8) is 0 Å². The zero-order valence-corrected chi connectivity index (χ0v) is 10.5. The average molecular weight is 211 g/mol. The van der Waals surface area contributed by atoms with Crippen LogP contribution in [-0.4, -0.2) is 30.3 Å². The predicted molar refractivity (Wildman–Crippen MR) is 64.0 cm³/mol. The molecule has 0 saturated carbocycles. The van der Waals surface area contributed by atoms with Crippen molar-refractivity contribution in [3.05, 3.63) is 0 Å². The van der Waals surface area contributed by atoms with Gasteiger partial charge in [-0.25, -0.2) is 0 Å². The number of rotatable bonds is 5. The lowest BCUT2D eigenvalue weighted by atomic mass is 9.82. The van der Waals surface area contributed by atoms with E-state index in [9.17, 15) is 4.79 Å². The summed E-state index contributed by atoms with van der Waals surface area (Å²) in [5.74, 6) is 0.410. The Morgan fingerprint density at radius 1 is 1.27 bits per heavy atom. The molecule has 0 aromatic carbocycles. The topological polar surface area (TPSA) is 20.3 Å². The quantitative estimate of drug-likeness (QED) is 0.697. The van der Waals surface area contributed by atoms with E-state index in [1.165, 1.54) is 25.9 Å². The second-order valence-electron chi connectivity index (χ2n) is 5.50. The van der Waals surface area contributed by atoms with E-state index in [0.29, 0.717) is 17.6 Å². The van der Waals surface area contributed by atoms with Gasteiger partial charge < -0.3 is 4.90 Å². The van der Waals surface area contributed by atoms with E-state index in [1.807, 2.05) is 6.92 Å². The lowest BCUT2D eigenvalue weighted by molar-refractivity contribution is -0.118. The van der Waals surface area contributed by atoms with Gasteiger partial charge in [0, 0.05) is 12.8 Å². The van der Waals surface area contributed by atoms with E-state index in [2.05, 4.69) is 18.7 Å². The molecule has 1 aliphatic heterocycles. The summed E-state index contributed by atoms with van der Waals surface area (Å²) in [5, 5.41) is 0. The Kier molecular flexibility index (Phi) is 4.78. The maximum Gasteiger partial charge on any atom is 0.132 e. The average Bonchev–Trinajstić information content (AvgIpc) is 2.20. The van der Waals surface area contributed by atoms with Crippen LogP contribution in [0, 0.1) is 5.41 Å². The molecule has 88 valence electrons. The van der Waals surface area contributed by atoms with Crippen molar-refractivity contribution in [1.82, 2.24) is 4.90 Å². The fourth-order valence-electron chi connectivity index (χ4n) is 2.06. The Bertz CT molecular complexity index is 201. The summed E-state index contributed by atoms with van der Waals surface area (Å²) >= 11 is 0. The van der Waals surface area contributed by atoms with E-state index < -0.39 is 0 Å². The Balaban J connectivity index is 2.11. The highest BCUT2D eigenvalue weighted by atomic mass is 16.1. The Morgan fingerprint density at radius 3 is 2.40 bits per heavy atom. The molecule has 0 radical (unpaired) electrons. The van der Waals surface area contributed by atoms with Crippen LogP contribution < -0.4 is 0 Å². The number of Topliss-reactive ketones (excluding diaryl/α,β-unsaturated/α-hetero) is 1. The summed E-state index contributed by atoms with van der Waals surface area (Å²) in [6.45, 7) is 10.2. The molecule has 0 aromatic heterocycles. The van der Waals surface area contributed by atoms with Gasteiger partial charge >= 0.3 is 0 Å². The molecule has 0 unspecified atom stereocenters. The number of ketones is 1. The highest BCUT2D eigenvalue weighted by Gasteiger charge is 2.24. The Hall–Kier alpha value is -0.370. The largest absolute Gasteiger partial charge is 0.303 e. The van der Waals surface area contributed by atoms with Crippen LogP contribution in [0.1, 0.15) is 52.9 Å².